The summed E-state index contributed by atoms with van der Waals surface area (Å²) in [6.45, 7) is 2.08. The molecule has 0 aliphatic rings. The van der Waals surface area contributed by atoms with E-state index in [0.29, 0.717) is 23.0 Å². The molecule has 3 aromatic rings. The van der Waals surface area contributed by atoms with Crippen molar-refractivity contribution in [2.45, 2.75) is 19.4 Å². The normalized spacial score (nSPS) is 12.7. The second kappa shape index (κ2) is 5.04. The highest BCUT2D eigenvalue weighted by Crippen LogP contribution is 2.31. The Morgan fingerprint density at radius 1 is 1.40 bits per heavy atom. The van der Waals surface area contributed by atoms with E-state index in [2.05, 4.69) is 26.9 Å². The number of imidazole rings is 1. The average Bonchev–Trinajstić information content (AvgIpc) is 3.08. The molecule has 0 aromatic carbocycles. The first-order valence-corrected chi connectivity index (χ1v) is 7.06. The molecule has 3 heterocycles. The molecule has 3 rings (SSSR count). The molecule has 1 atom stereocenters. The topological polar surface area (TPSA) is 91.7 Å². The molecule has 104 valence electrons. The van der Waals surface area contributed by atoms with Crippen LogP contribution >= 0.6 is 11.3 Å². The van der Waals surface area contributed by atoms with Gasteiger partial charge in [-0.05, 0) is 6.42 Å². The Morgan fingerprint density at radius 2 is 2.25 bits per heavy atom. The lowest BCUT2D eigenvalue weighted by Crippen LogP contribution is -2.13. The molecule has 0 fully saturated rings. The second-order valence-electron chi connectivity index (χ2n) is 4.19. The smallest absolute Gasteiger partial charge is 0.245 e. The van der Waals surface area contributed by atoms with Crippen molar-refractivity contribution in [2.75, 3.05) is 12.8 Å². The Kier molecular flexibility index (Phi) is 3.23. The average molecular weight is 290 g/mol. The summed E-state index contributed by atoms with van der Waals surface area (Å²) in [6.07, 6.45) is 4.08. The van der Waals surface area contributed by atoms with Crippen LogP contribution < -0.4 is 10.5 Å². The maximum Gasteiger partial charge on any atom is 0.245 e. The summed E-state index contributed by atoms with van der Waals surface area (Å²) in [4.78, 5) is 17.0. The number of anilines is 1. The van der Waals surface area contributed by atoms with E-state index in [0.717, 1.165) is 11.4 Å². The summed E-state index contributed by atoms with van der Waals surface area (Å²) in [6, 6.07) is 0.0135. The zero-order valence-corrected chi connectivity index (χ0v) is 12.0. The number of methoxy groups -OCH3 is 1. The minimum absolute atomic E-state index is 0.0135. The van der Waals surface area contributed by atoms with Gasteiger partial charge in [-0.1, -0.05) is 6.92 Å². The largest absolute Gasteiger partial charge is 0.479 e. The molecule has 0 spiro atoms. The first-order valence-electron chi connectivity index (χ1n) is 6.18. The van der Waals surface area contributed by atoms with Gasteiger partial charge in [0.25, 0.3) is 0 Å². The SMILES string of the molecule is CCC(c1nccs1)n1c(N)nc2c(OC)ncnc21. The molecular formula is C12H14N6OS. The summed E-state index contributed by atoms with van der Waals surface area (Å²) in [5.74, 6) is 0.815. The van der Waals surface area contributed by atoms with Gasteiger partial charge in [-0.2, -0.15) is 4.98 Å². The van der Waals surface area contributed by atoms with Crippen molar-refractivity contribution in [3.8, 4) is 5.88 Å². The number of nitrogen functional groups attached to an aromatic ring is 1. The lowest BCUT2D eigenvalue weighted by Gasteiger charge is -2.15. The zero-order valence-electron chi connectivity index (χ0n) is 11.1. The van der Waals surface area contributed by atoms with Gasteiger partial charge < -0.3 is 10.5 Å². The Bertz CT molecular complexity index is 723. The first-order chi connectivity index (χ1) is 9.76. The predicted octanol–water partition coefficient (Wildman–Crippen LogP) is 1.87. The first kappa shape index (κ1) is 12.8. The molecule has 0 bridgehead atoms. The number of rotatable bonds is 4. The maximum atomic E-state index is 6.06. The molecule has 0 amide bonds. The fourth-order valence-corrected chi connectivity index (χ4v) is 3.04. The highest BCUT2D eigenvalue weighted by Gasteiger charge is 2.23. The molecule has 8 heteroatoms. The lowest BCUT2D eigenvalue weighted by atomic mass is 10.2. The van der Waals surface area contributed by atoms with Gasteiger partial charge in [-0.25, -0.2) is 15.0 Å². The van der Waals surface area contributed by atoms with E-state index < -0.39 is 0 Å². The Balaban J connectivity index is 2.23. The van der Waals surface area contributed by atoms with Gasteiger partial charge >= 0.3 is 0 Å². The quantitative estimate of drug-likeness (QED) is 0.788. The van der Waals surface area contributed by atoms with Crippen molar-refractivity contribution >= 4 is 28.4 Å². The van der Waals surface area contributed by atoms with Crippen LogP contribution in [0.15, 0.2) is 17.9 Å². The van der Waals surface area contributed by atoms with Crippen molar-refractivity contribution in [3.05, 3.63) is 22.9 Å². The molecule has 0 radical (unpaired) electrons. The van der Waals surface area contributed by atoms with Crippen molar-refractivity contribution < 1.29 is 4.74 Å². The summed E-state index contributed by atoms with van der Waals surface area (Å²) in [7, 11) is 1.55. The van der Waals surface area contributed by atoms with Crippen LogP contribution in [-0.2, 0) is 0 Å². The van der Waals surface area contributed by atoms with Gasteiger partial charge in [0.15, 0.2) is 11.2 Å². The zero-order chi connectivity index (χ0) is 14.1. The minimum atomic E-state index is 0.0135. The molecule has 3 aromatic heterocycles. The third-order valence-electron chi connectivity index (χ3n) is 3.10. The van der Waals surface area contributed by atoms with Crippen LogP contribution in [0.25, 0.3) is 11.2 Å². The Morgan fingerprint density at radius 3 is 2.90 bits per heavy atom. The fraction of sp³-hybridized carbons (Fsp3) is 0.333. The highest BCUT2D eigenvalue weighted by atomic mass is 32.1. The number of thiazole rings is 1. The van der Waals surface area contributed by atoms with Crippen LogP contribution in [0.1, 0.15) is 24.4 Å². The van der Waals surface area contributed by atoms with E-state index in [9.17, 15) is 0 Å². The van der Waals surface area contributed by atoms with E-state index in [1.807, 2.05) is 9.95 Å². The number of nitrogens with zero attached hydrogens (tertiary/aromatic N) is 5. The van der Waals surface area contributed by atoms with Gasteiger partial charge in [-0.15, -0.1) is 11.3 Å². The molecule has 1 unspecified atom stereocenters. The monoisotopic (exact) mass is 290 g/mol. The summed E-state index contributed by atoms with van der Waals surface area (Å²) in [5, 5.41) is 2.93. The van der Waals surface area contributed by atoms with Crippen molar-refractivity contribution in [1.29, 1.82) is 0 Å². The number of aromatic nitrogens is 5. The standard InChI is InChI=1S/C12H14N6OS/c1-3-7(11-14-4-5-20-11)18-9-8(17-12(18)13)10(19-2)16-6-15-9/h4-7H,3H2,1-2H3,(H2,13,17). The molecule has 0 saturated heterocycles. The van der Waals surface area contributed by atoms with Crippen LogP contribution in [0, 0.1) is 0 Å². The third-order valence-corrected chi connectivity index (χ3v) is 3.98. The molecule has 0 aliphatic heterocycles. The van der Waals surface area contributed by atoms with E-state index in [1.54, 1.807) is 24.6 Å². The lowest BCUT2D eigenvalue weighted by molar-refractivity contribution is 0.401. The van der Waals surface area contributed by atoms with Crippen LogP contribution in [0.3, 0.4) is 0 Å². The van der Waals surface area contributed by atoms with Gasteiger partial charge in [-0.3, -0.25) is 4.57 Å². The van der Waals surface area contributed by atoms with E-state index in [4.69, 9.17) is 10.5 Å². The van der Waals surface area contributed by atoms with Crippen LogP contribution in [0.4, 0.5) is 5.95 Å². The van der Waals surface area contributed by atoms with Crippen molar-refractivity contribution in [3.63, 3.8) is 0 Å². The van der Waals surface area contributed by atoms with Gasteiger partial charge in [0.2, 0.25) is 11.8 Å². The Hall–Kier alpha value is -2.22. The summed E-state index contributed by atoms with van der Waals surface area (Å²) in [5.41, 5.74) is 7.30. The molecule has 0 aliphatic carbocycles. The van der Waals surface area contributed by atoms with Gasteiger partial charge in [0.1, 0.15) is 11.3 Å². The number of hydrogen-bond acceptors (Lipinski definition) is 7. The summed E-state index contributed by atoms with van der Waals surface area (Å²) < 4.78 is 7.09. The van der Waals surface area contributed by atoms with Crippen LogP contribution in [-0.4, -0.2) is 31.6 Å². The number of ether oxygens (including phenoxy) is 1. The Labute approximate surface area is 119 Å². The van der Waals surface area contributed by atoms with Crippen LogP contribution in [0.5, 0.6) is 5.88 Å². The van der Waals surface area contributed by atoms with Gasteiger partial charge in [0.05, 0.1) is 13.2 Å². The van der Waals surface area contributed by atoms with Crippen LogP contribution in [0.2, 0.25) is 0 Å². The number of nitrogens with two attached hydrogens (primary N) is 1. The number of hydrogen-bond donors (Lipinski definition) is 1. The molecule has 0 saturated carbocycles. The molecule has 2 N–H and O–H groups in total. The molecule has 20 heavy (non-hydrogen) atoms. The minimum Gasteiger partial charge on any atom is -0.479 e. The van der Waals surface area contributed by atoms with E-state index in [-0.39, 0.29) is 6.04 Å². The second-order valence-corrected chi connectivity index (χ2v) is 5.12. The predicted molar refractivity (Wildman–Crippen MR) is 76.8 cm³/mol. The van der Waals surface area contributed by atoms with E-state index >= 15 is 0 Å². The fourth-order valence-electron chi connectivity index (χ4n) is 2.23. The number of fused-ring (bicyclic) bond motifs is 1. The van der Waals surface area contributed by atoms with Gasteiger partial charge in [0, 0.05) is 11.6 Å². The van der Waals surface area contributed by atoms with Crippen molar-refractivity contribution in [1.82, 2.24) is 24.5 Å². The maximum absolute atomic E-state index is 6.06. The molecule has 7 nitrogen and oxygen atoms in total. The van der Waals surface area contributed by atoms with Crippen molar-refractivity contribution in [2.24, 2.45) is 0 Å². The summed E-state index contributed by atoms with van der Waals surface area (Å²) >= 11 is 1.59. The molecular weight excluding hydrogens is 276 g/mol. The highest BCUT2D eigenvalue weighted by molar-refractivity contribution is 7.09. The third kappa shape index (κ3) is 1.88. The van der Waals surface area contributed by atoms with E-state index in [1.165, 1.54) is 6.33 Å².